The molecule has 0 saturated carbocycles. The van der Waals surface area contributed by atoms with Crippen LogP contribution in [-0.4, -0.2) is 52.8 Å². The Morgan fingerprint density at radius 2 is 2.00 bits per heavy atom. The number of benzene rings is 1. The van der Waals surface area contributed by atoms with E-state index < -0.39 is 5.97 Å². The molecule has 1 aromatic carbocycles. The Morgan fingerprint density at radius 1 is 1.29 bits per heavy atom. The predicted molar refractivity (Wildman–Crippen MR) is 75.2 cm³/mol. The minimum Gasteiger partial charge on any atom is -0.508 e. The Labute approximate surface area is 122 Å². The molecule has 6 heteroatoms. The van der Waals surface area contributed by atoms with Gasteiger partial charge < -0.3 is 19.8 Å². The van der Waals surface area contributed by atoms with Crippen molar-refractivity contribution in [1.82, 2.24) is 4.90 Å². The molecule has 0 atom stereocenters. The van der Waals surface area contributed by atoms with Gasteiger partial charge in [0.15, 0.2) is 0 Å². The van der Waals surface area contributed by atoms with E-state index in [4.69, 9.17) is 9.84 Å². The van der Waals surface area contributed by atoms with Crippen LogP contribution in [0, 0.1) is 0 Å². The Hall–Kier alpha value is -2.08. The van der Waals surface area contributed by atoms with E-state index in [1.54, 1.807) is 17.0 Å². The highest BCUT2D eigenvalue weighted by Crippen LogP contribution is 2.18. The Kier molecular flexibility index (Phi) is 5.16. The highest BCUT2D eigenvalue weighted by atomic mass is 16.5. The summed E-state index contributed by atoms with van der Waals surface area (Å²) in [4.78, 5) is 24.4. The maximum Gasteiger partial charge on any atom is 0.305 e. The van der Waals surface area contributed by atoms with Crippen molar-refractivity contribution in [3.8, 4) is 5.75 Å². The summed E-state index contributed by atoms with van der Waals surface area (Å²) in [5.74, 6) is -0.894. The largest absolute Gasteiger partial charge is 0.508 e. The molecule has 1 heterocycles. The molecule has 1 aliphatic heterocycles. The van der Waals surface area contributed by atoms with Gasteiger partial charge in [-0.15, -0.1) is 0 Å². The normalized spacial score (nSPS) is 15.9. The van der Waals surface area contributed by atoms with Crippen molar-refractivity contribution in [2.45, 2.75) is 25.4 Å². The van der Waals surface area contributed by atoms with Gasteiger partial charge in [-0.2, -0.15) is 0 Å². The Balaban J connectivity index is 1.81. The number of carbonyl (C=O) groups is 2. The summed E-state index contributed by atoms with van der Waals surface area (Å²) in [5.41, 5.74) is 0.472. The maximum atomic E-state index is 12.3. The van der Waals surface area contributed by atoms with Gasteiger partial charge in [-0.1, -0.05) is 6.07 Å². The lowest BCUT2D eigenvalue weighted by molar-refractivity contribution is -0.138. The number of ether oxygens (including phenoxy) is 1. The molecule has 1 fully saturated rings. The van der Waals surface area contributed by atoms with Gasteiger partial charge in [0.05, 0.1) is 19.1 Å². The molecule has 1 aliphatic rings. The van der Waals surface area contributed by atoms with Crippen LogP contribution >= 0.6 is 0 Å². The standard InChI is InChI=1S/C15H19NO5/c17-12-3-1-2-11(10-12)15(20)16-7-4-13(5-8-16)21-9-6-14(18)19/h1-3,10,13,17H,4-9H2,(H,18,19). The van der Waals surface area contributed by atoms with Gasteiger partial charge in [-0.25, -0.2) is 0 Å². The molecule has 0 radical (unpaired) electrons. The van der Waals surface area contributed by atoms with Crippen LogP contribution in [0.2, 0.25) is 0 Å². The molecule has 0 bridgehead atoms. The molecule has 21 heavy (non-hydrogen) atoms. The van der Waals surface area contributed by atoms with Crippen LogP contribution in [-0.2, 0) is 9.53 Å². The first-order chi connectivity index (χ1) is 10.1. The number of amides is 1. The first-order valence-electron chi connectivity index (χ1n) is 6.98. The minimum atomic E-state index is -0.869. The lowest BCUT2D eigenvalue weighted by atomic mass is 10.1. The average molecular weight is 293 g/mol. The predicted octanol–water partition coefficient (Wildman–Crippen LogP) is 1.49. The smallest absolute Gasteiger partial charge is 0.305 e. The number of phenols is 1. The van der Waals surface area contributed by atoms with Crippen molar-refractivity contribution in [2.75, 3.05) is 19.7 Å². The van der Waals surface area contributed by atoms with Gasteiger partial charge in [-0.3, -0.25) is 9.59 Å². The van der Waals surface area contributed by atoms with Crippen LogP contribution < -0.4 is 0 Å². The molecule has 114 valence electrons. The van der Waals surface area contributed by atoms with E-state index in [2.05, 4.69) is 0 Å². The Morgan fingerprint density at radius 3 is 2.62 bits per heavy atom. The zero-order chi connectivity index (χ0) is 15.2. The fourth-order valence-electron chi connectivity index (χ4n) is 2.36. The van der Waals surface area contributed by atoms with Gasteiger partial charge in [0, 0.05) is 18.7 Å². The van der Waals surface area contributed by atoms with Crippen LogP contribution in [0.15, 0.2) is 24.3 Å². The van der Waals surface area contributed by atoms with E-state index in [0.29, 0.717) is 31.5 Å². The topological polar surface area (TPSA) is 87.1 Å². The monoisotopic (exact) mass is 293 g/mol. The molecule has 1 aromatic rings. The molecular formula is C15H19NO5. The van der Waals surface area contributed by atoms with Crippen molar-refractivity contribution in [1.29, 1.82) is 0 Å². The lowest BCUT2D eigenvalue weighted by Crippen LogP contribution is -2.41. The number of carboxylic acid groups (broad SMARTS) is 1. The second kappa shape index (κ2) is 7.08. The van der Waals surface area contributed by atoms with Gasteiger partial charge in [0.25, 0.3) is 5.91 Å². The summed E-state index contributed by atoms with van der Waals surface area (Å²) in [6, 6.07) is 6.30. The lowest BCUT2D eigenvalue weighted by Gasteiger charge is -2.32. The van der Waals surface area contributed by atoms with Gasteiger partial charge in [0.1, 0.15) is 5.75 Å². The maximum absolute atomic E-state index is 12.3. The third kappa shape index (κ3) is 4.46. The number of phenolic OH excluding ortho intramolecular Hbond substituents is 1. The molecule has 1 amide bonds. The number of aliphatic carboxylic acids is 1. The van der Waals surface area contributed by atoms with Crippen LogP contribution in [0.3, 0.4) is 0 Å². The summed E-state index contributed by atoms with van der Waals surface area (Å²) >= 11 is 0. The van der Waals surface area contributed by atoms with E-state index in [0.717, 1.165) is 0 Å². The number of aromatic hydroxyl groups is 1. The van der Waals surface area contributed by atoms with E-state index in [1.807, 2.05) is 0 Å². The van der Waals surface area contributed by atoms with E-state index in [9.17, 15) is 14.7 Å². The first kappa shape index (κ1) is 15.3. The van der Waals surface area contributed by atoms with Crippen LogP contribution in [0.25, 0.3) is 0 Å². The third-order valence-corrected chi connectivity index (χ3v) is 3.49. The quantitative estimate of drug-likeness (QED) is 0.859. The first-order valence-corrected chi connectivity index (χ1v) is 6.98. The fraction of sp³-hybridized carbons (Fsp3) is 0.467. The molecule has 2 rings (SSSR count). The summed E-state index contributed by atoms with van der Waals surface area (Å²) < 4.78 is 5.49. The molecule has 0 aliphatic carbocycles. The summed E-state index contributed by atoms with van der Waals surface area (Å²) in [7, 11) is 0. The average Bonchev–Trinajstić information content (AvgIpc) is 2.47. The van der Waals surface area contributed by atoms with Crippen molar-refractivity contribution >= 4 is 11.9 Å². The van der Waals surface area contributed by atoms with Gasteiger partial charge in [0.2, 0.25) is 0 Å². The van der Waals surface area contributed by atoms with E-state index in [1.165, 1.54) is 12.1 Å². The number of likely N-dealkylation sites (tertiary alicyclic amines) is 1. The van der Waals surface area contributed by atoms with Crippen LogP contribution in [0.1, 0.15) is 29.6 Å². The molecule has 6 nitrogen and oxygen atoms in total. The second-order valence-electron chi connectivity index (χ2n) is 5.06. The van der Waals surface area contributed by atoms with E-state index in [-0.39, 0.29) is 30.8 Å². The third-order valence-electron chi connectivity index (χ3n) is 3.49. The van der Waals surface area contributed by atoms with Crippen molar-refractivity contribution in [2.24, 2.45) is 0 Å². The number of piperidine rings is 1. The fourth-order valence-corrected chi connectivity index (χ4v) is 2.36. The summed E-state index contributed by atoms with van der Waals surface area (Å²) in [6.07, 6.45) is 1.41. The molecule has 1 saturated heterocycles. The number of nitrogens with zero attached hydrogens (tertiary/aromatic N) is 1. The number of rotatable bonds is 5. The molecule has 2 N–H and O–H groups in total. The highest BCUT2D eigenvalue weighted by molar-refractivity contribution is 5.94. The molecule has 0 aromatic heterocycles. The summed E-state index contributed by atoms with van der Waals surface area (Å²) in [6.45, 7) is 1.36. The molecular weight excluding hydrogens is 274 g/mol. The van der Waals surface area contributed by atoms with Crippen LogP contribution in [0.5, 0.6) is 5.75 Å². The second-order valence-corrected chi connectivity index (χ2v) is 5.06. The van der Waals surface area contributed by atoms with Gasteiger partial charge in [-0.05, 0) is 31.0 Å². The van der Waals surface area contributed by atoms with Crippen molar-refractivity contribution in [3.63, 3.8) is 0 Å². The SMILES string of the molecule is O=C(O)CCOC1CCN(C(=O)c2cccc(O)c2)CC1. The minimum absolute atomic E-state index is 0.00242. The number of hydrogen-bond acceptors (Lipinski definition) is 4. The van der Waals surface area contributed by atoms with Crippen molar-refractivity contribution in [3.05, 3.63) is 29.8 Å². The zero-order valence-electron chi connectivity index (χ0n) is 11.7. The number of hydrogen-bond donors (Lipinski definition) is 2. The summed E-state index contributed by atoms with van der Waals surface area (Å²) in [5, 5.41) is 18.0. The van der Waals surface area contributed by atoms with Crippen molar-refractivity contribution < 1.29 is 24.5 Å². The molecule has 0 unspecified atom stereocenters. The Bertz CT molecular complexity index is 509. The van der Waals surface area contributed by atoms with E-state index >= 15 is 0 Å². The molecule has 0 spiro atoms. The van der Waals surface area contributed by atoms with Gasteiger partial charge >= 0.3 is 5.97 Å². The van der Waals surface area contributed by atoms with Crippen LogP contribution in [0.4, 0.5) is 0 Å². The highest BCUT2D eigenvalue weighted by Gasteiger charge is 2.24. The number of carboxylic acids is 1. The number of carbonyl (C=O) groups excluding carboxylic acids is 1. The zero-order valence-corrected chi connectivity index (χ0v) is 11.7.